The van der Waals surface area contributed by atoms with Crippen LogP contribution in [0.2, 0.25) is 0 Å². The molecule has 2 atom stereocenters. The molecule has 0 saturated carbocycles. The molecule has 0 bridgehead atoms. The van der Waals surface area contributed by atoms with Crippen molar-refractivity contribution >= 4 is 21.6 Å². The molecule has 0 spiro atoms. The van der Waals surface area contributed by atoms with Gasteiger partial charge in [-0.2, -0.15) is 0 Å². The Morgan fingerprint density at radius 3 is 2.47 bits per heavy atom. The van der Waals surface area contributed by atoms with Crippen LogP contribution in [0.1, 0.15) is 31.4 Å². The minimum Gasteiger partial charge on any atom is -0.371 e. The maximum absolute atomic E-state index is 3.61. The zero-order chi connectivity index (χ0) is 14.0. The van der Waals surface area contributed by atoms with Crippen molar-refractivity contribution in [2.75, 3.05) is 24.5 Å². The van der Waals surface area contributed by atoms with E-state index in [9.17, 15) is 0 Å². The molecule has 0 aliphatic carbocycles. The largest absolute Gasteiger partial charge is 0.371 e. The number of benzene rings is 1. The predicted octanol–water partition coefficient (Wildman–Crippen LogP) is 3.89. The highest BCUT2D eigenvalue weighted by atomic mass is 79.9. The van der Waals surface area contributed by atoms with E-state index in [4.69, 9.17) is 0 Å². The minimum absolute atomic E-state index is 0.678. The van der Waals surface area contributed by atoms with Crippen LogP contribution in [-0.2, 0) is 0 Å². The fourth-order valence-electron chi connectivity index (χ4n) is 3.32. The van der Waals surface area contributed by atoms with Crippen LogP contribution in [0.15, 0.2) is 16.6 Å². The van der Waals surface area contributed by atoms with Gasteiger partial charge in [0, 0.05) is 29.3 Å². The minimum atomic E-state index is 0.678. The van der Waals surface area contributed by atoms with Gasteiger partial charge in [0.05, 0.1) is 0 Å². The quantitative estimate of drug-likeness (QED) is 0.907. The number of rotatable bonds is 3. The van der Waals surface area contributed by atoms with E-state index in [1.54, 1.807) is 0 Å². The molecule has 1 heterocycles. The topological polar surface area (TPSA) is 15.3 Å². The lowest BCUT2D eigenvalue weighted by Gasteiger charge is -2.40. The number of hydrogen-bond donors (Lipinski definition) is 1. The molecule has 1 N–H and O–H groups in total. The summed E-state index contributed by atoms with van der Waals surface area (Å²) in [6.45, 7) is 12.4. The first-order valence-corrected chi connectivity index (χ1v) is 8.07. The Morgan fingerprint density at radius 2 is 1.95 bits per heavy atom. The lowest BCUT2D eigenvalue weighted by molar-refractivity contribution is 0.326. The van der Waals surface area contributed by atoms with E-state index in [0.717, 1.165) is 19.6 Å². The van der Waals surface area contributed by atoms with Gasteiger partial charge in [-0.15, -0.1) is 0 Å². The molecule has 1 aliphatic rings. The molecule has 106 valence electrons. The smallest absolute Gasteiger partial charge is 0.0426 e. The van der Waals surface area contributed by atoms with Gasteiger partial charge in [0.1, 0.15) is 0 Å². The number of piperidine rings is 1. The highest BCUT2D eigenvalue weighted by Gasteiger charge is 2.26. The standard InChI is InChI=1S/C16H25BrN2/c1-5-18-15-6-7-19(10-13(15)4)16-11(2)8-14(17)9-12(16)3/h8-9,13,15,18H,5-7,10H2,1-4H3. The molecular weight excluding hydrogens is 300 g/mol. The van der Waals surface area contributed by atoms with Gasteiger partial charge in [-0.1, -0.05) is 29.8 Å². The van der Waals surface area contributed by atoms with Crippen molar-refractivity contribution in [3.05, 3.63) is 27.7 Å². The zero-order valence-corrected chi connectivity index (χ0v) is 14.0. The first-order chi connectivity index (χ1) is 9.02. The number of nitrogens with one attached hydrogen (secondary N) is 1. The molecule has 2 nitrogen and oxygen atoms in total. The molecule has 2 rings (SSSR count). The van der Waals surface area contributed by atoms with Crippen LogP contribution in [0, 0.1) is 19.8 Å². The van der Waals surface area contributed by atoms with Gasteiger partial charge < -0.3 is 10.2 Å². The molecule has 1 fully saturated rings. The average molecular weight is 325 g/mol. The zero-order valence-electron chi connectivity index (χ0n) is 12.5. The normalized spacial score (nSPS) is 23.7. The van der Waals surface area contributed by atoms with Crippen LogP contribution >= 0.6 is 15.9 Å². The van der Waals surface area contributed by atoms with Crippen molar-refractivity contribution in [2.45, 2.75) is 40.2 Å². The SMILES string of the molecule is CCNC1CCN(c2c(C)cc(Br)cc2C)CC1C. The summed E-state index contributed by atoms with van der Waals surface area (Å²) in [4.78, 5) is 2.57. The second kappa shape index (κ2) is 6.27. The van der Waals surface area contributed by atoms with Crippen molar-refractivity contribution < 1.29 is 0 Å². The Kier molecular flexibility index (Phi) is 4.91. The molecule has 19 heavy (non-hydrogen) atoms. The second-order valence-electron chi connectivity index (χ2n) is 5.76. The monoisotopic (exact) mass is 324 g/mol. The van der Waals surface area contributed by atoms with Gasteiger partial charge in [-0.3, -0.25) is 0 Å². The Balaban J connectivity index is 2.17. The molecule has 1 aromatic rings. The molecule has 0 aromatic heterocycles. The van der Waals surface area contributed by atoms with E-state index in [0.29, 0.717) is 12.0 Å². The first kappa shape index (κ1) is 14.9. The Hall–Kier alpha value is -0.540. The maximum Gasteiger partial charge on any atom is 0.0426 e. The highest BCUT2D eigenvalue weighted by molar-refractivity contribution is 9.10. The summed E-state index contributed by atoms with van der Waals surface area (Å²) >= 11 is 3.58. The third-order valence-corrected chi connectivity index (χ3v) is 4.60. The average Bonchev–Trinajstić information content (AvgIpc) is 2.31. The van der Waals surface area contributed by atoms with E-state index in [-0.39, 0.29) is 0 Å². The maximum atomic E-state index is 3.61. The van der Waals surface area contributed by atoms with Gasteiger partial charge in [0.2, 0.25) is 0 Å². The number of anilines is 1. The van der Waals surface area contributed by atoms with Crippen molar-refractivity contribution in [2.24, 2.45) is 5.92 Å². The second-order valence-corrected chi connectivity index (χ2v) is 6.68. The fraction of sp³-hybridized carbons (Fsp3) is 0.625. The molecule has 1 saturated heterocycles. The van der Waals surface area contributed by atoms with Crippen LogP contribution < -0.4 is 10.2 Å². The molecule has 3 heteroatoms. The lowest BCUT2D eigenvalue weighted by atomic mass is 9.92. The van der Waals surface area contributed by atoms with Crippen molar-refractivity contribution in [1.29, 1.82) is 0 Å². The van der Waals surface area contributed by atoms with Gasteiger partial charge in [-0.05, 0) is 56.0 Å². The third-order valence-electron chi connectivity index (χ3n) is 4.14. The number of halogens is 1. The molecule has 1 aliphatic heterocycles. The summed E-state index contributed by atoms with van der Waals surface area (Å²) < 4.78 is 1.18. The van der Waals surface area contributed by atoms with Crippen LogP contribution in [-0.4, -0.2) is 25.7 Å². The molecular formula is C16H25BrN2. The van der Waals surface area contributed by atoms with Gasteiger partial charge in [0.15, 0.2) is 0 Å². The summed E-state index contributed by atoms with van der Waals surface area (Å²) in [6.07, 6.45) is 1.24. The van der Waals surface area contributed by atoms with Gasteiger partial charge in [-0.25, -0.2) is 0 Å². The number of nitrogens with zero attached hydrogens (tertiary/aromatic N) is 1. The van der Waals surface area contributed by atoms with E-state index in [1.807, 2.05) is 0 Å². The summed E-state index contributed by atoms with van der Waals surface area (Å²) in [5.74, 6) is 0.705. The van der Waals surface area contributed by atoms with E-state index < -0.39 is 0 Å². The molecule has 0 radical (unpaired) electrons. The van der Waals surface area contributed by atoms with Gasteiger partial charge >= 0.3 is 0 Å². The van der Waals surface area contributed by atoms with E-state index >= 15 is 0 Å². The number of hydrogen-bond acceptors (Lipinski definition) is 2. The van der Waals surface area contributed by atoms with E-state index in [2.05, 4.69) is 66.0 Å². The van der Waals surface area contributed by atoms with Crippen LogP contribution in [0.3, 0.4) is 0 Å². The van der Waals surface area contributed by atoms with Crippen LogP contribution in [0.25, 0.3) is 0 Å². The fourth-order valence-corrected chi connectivity index (χ4v) is 4.00. The van der Waals surface area contributed by atoms with E-state index in [1.165, 1.54) is 27.7 Å². The molecule has 2 unspecified atom stereocenters. The van der Waals surface area contributed by atoms with Crippen LogP contribution in [0.5, 0.6) is 0 Å². The summed E-state index contributed by atoms with van der Waals surface area (Å²) in [7, 11) is 0. The van der Waals surface area contributed by atoms with Crippen molar-refractivity contribution in [1.82, 2.24) is 5.32 Å². The third kappa shape index (κ3) is 3.32. The molecule has 1 aromatic carbocycles. The Morgan fingerprint density at radius 1 is 1.32 bits per heavy atom. The Bertz CT molecular complexity index is 421. The predicted molar refractivity (Wildman–Crippen MR) is 87.1 cm³/mol. The van der Waals surface area contributed by atoms with Crippen LogP contribution in [0.4, 0.5) is 5.69 Å². The van der Waals surface area contributed by atoms with Crippen molar-refractivity contribution in [3.8, 4) is 0 Å². The highest BCUT2D eigenvalue weighted by Crippen LogP contribution is 2.31. The lowest BCUT2D eigenvalue weighted by Crippen LogP contribution is -2.48. The first-order valence-electron chi connectivity index (χ1n) is 7.28. The summed E-state index contributed by atoms with van der Waals surface area (Å²) in [6, 6.07) is 5.13. The Labute approximate surface area is 125 Å². The van der Waals surface area contributed by atoms with Crippen molar-refractivity contribution in [3.63, 3.8) is 0 Å². The molecule has 0 amide bonds. The number of aryl methyl sites for hydroxylation is 2. The summed E-state index contributed by atoms with van der Waals surface area (Å²) in [5.41, 5.74) is 4.19. The summed E-state index contributed by atoms with van der Waals surface area (Å²) in [5, 5.41) is 3.61. The van der Waals surface area contributed by atoms with Gasteiger partial charge in [0.25, 0.3) is 0 Å².